The second kappa shape index (κ2) is 8.20. The second-order valence-corrected chi connectivity index (χ2v) is 3.79. The highest BCUT2D eigenvalue weighted by Gasteiger charge is 2.19. The Kier molecular flexibility index (Phi) is 7.36. The summed E-state index contributed by atoms with van der Waals surface area (Å²) >= 11 is 0. The van der Waals surface area contributed by atoms with E-state index in [0.717, 1.165) is 11.1 Å². The van der Waals surface area contributed by atoms with Crippen molar-refractivity contribution in [3.8, 4) is 0 Å². The van der Waals surface area contributed by atoms with Crippen molar-refractivity contribution in [1.82, 2.24) is 0 Å². The lowest BCUT2D eigenvalue weighted by Crippen LogP contribution is -2.66. The molecule has 6 nitrogen and oxygen atoms in total. The molecule has 19 heavy (non-hydrogen) atoms. The Morgan fingerprint density at radius 3 is 2.47 bits per heavy atom. The van der Waals surface area contributed by atoms with Gasteiger partial charge in [0.05, 0.1) is 12.0 Å². The van der Waals surface area contributed by atoms with Crippen LogP contribution >= 0.6 is 0 Å². The van der Waals surface area contributed by atoms with Crippen LogP contribution in [-0.4, -0.2) is 24.0 Å². The van der Waals surface area contributed by atoms with Crippen molar-refractivity contribution >= 4 is 11.7 Å². The summed E-state index contributed by atoms with van der Waals surface area (Å²) in [5, 5.41) is 10.6. The van der Waals surface area contributed by atoms with Crippen molar-refractivity contribution in [1.29, 1.82) is 0 Å². The Hall–Kier alpha value is -1.95. The molecule has 3 N–H and O–H groups in total. The summed E-state index contributed by atoms with van der Waals surface area (Å²) in [6.45, 7) is 5.77. The first-order valence-corrected chi connectivity index (χ1v) is 6.10. The molecule has 0 aliphatic carbocycles. The standard InChI is InChI=1S/C11H14N2O4.C2H6/c1-7-5-9(13(15)16)4-3-8(7)6-10(12)11(14)17-2;1-2/h3-5,10H,6,12H2,1-2H3;1-2H3/p+1. The Labute approximate surface area is 112 Å². The van der Waals surface area contributed by atoms with E-state index in [9.17, 15) is 14.9 Å². The van der Waals surface area contributed by atoms with Gasteiger partial charge in [-0.25, -0.2) is 4.79 Å². The van der Waals surface area contributed by atoms with E-state index in [1.54, 1.807) is 13.0 Å². The van der Waals surface area contributed by atoms with Gasteiger partial charge >= 0.3 is 5.97 Å². The molecule has 0 aromatic heterocycles. The summed E-state index contributed by atoms with van der Waals surface area (Å²) < 4.78 is 4.58. The number of rotatable bonds is 4. The van der Waals surface area contributed by atoms with E-state index in [-0.39, 0.29) is 11.7 Å². The van der Waals surface area contributed by atoms with Crippen molar-refractivity contribution in [2.45, 2.75) is 33.2 Å². The van der Waals surface area contributed by atoms with Crippen LogP contribution in [0.4, 0.5) is 5.69 Å². The Balaban J connectivity index is 0.00000154. The van der Waals surface area contributed by atoms with Gasteiger partial charge in [-0.2, -0.15) is 0 Å². The lowest BCUT2D eigenvalue weighted by Gasteiger charge is -2.08. The van der Waals surface area contributed by atoms with Gasteiger partial charge in [0.1, 0.15) is 0 Å². The Bertz CT molecular complexity index is 446. The van der Waals surface area contributed by atoms with Crippen molar-refractivity contribution in [2.24, 2.45) is 0 Å². The molecule has 0 heterocycles. The second-order valence-electron chi connectivity index (χ2n) is 3.79. The molecule has 1 atom stereocenters. The number of methoxy groups -OCH3 is 1. The molecule has 1 unspecified atom stereocenters. The highest BCUT2D eigenvalue weighted by atomic mass is 16.6. The molecule has 1 aromatic carbocycles. The first kappa shape index (κ1) is 17.1. The predicted molar refractivity (Wildman–Crippen MR) is 71.6 cm³/mol. The Morgan fingerprint density at radius 1 is 1.47 bits per heavy atom. The van der Waals surface area contributed by atoms with Gasteiger partial charge in [0, 0.05) is 18.6 Å². The minimum Gasteiger partial charge on any atom is -0.465 e. The highest BCUT2D eigenvalue weighted by Crippen LogP contribution is 2.18. The number of esters is 1. The van der Waals surface area contributed by atoms with Gasteiger partial charge in [-0.1, -0.05) is 19.9 Å². The number of aryl methyl sites for hydroxylation is 1. The largest absolute Gasteiger partial charge is 0.465 e. The van der Waals surface area contributed by atoms with Gasteiger partial charge in [0.2, 0.25) is 0 Å². The maximum atomic E-state index is 11.2. The topological polar surface area (TPSA) is 97.1 Å². The molecular weight excluding hydrogens is 248 g/mol. The summed E-state index contributed by atoms with van der Waals surface area (Å²) in [4.78, 5) is 21.3. The average Bonchev–Trinajstić information content (AvgIpc) is 2.41. The molecular formula is C13H21N2O4+. The lowest BCUT2D eigenvalue weighted by atomic mass is 10.0. The molecule has 6 heteroatoms. The third-order valence-corrected chi connectivity index (χ3v) is 2.54. The molecule has 0 amide bonds. The first-order chi connectivity index (χ1) is 8.95. The summed E-state index contributed by atoms with van der Waals surface area (Å²) in [7, 11) is 1.31. The zero-order valence-corrected chi connectivity index (χ0v) is 11.8. The summed E-state index contributed by atoms with van der Waals surface area (Å²) in [6.07, 6.45) is 0.413. The molecule has 0 saturated carbocycles. The number of nitro benzene ring substituents is 1. The number of carbonyl (C=O) groups excluding carboxylic acids is 1. The van der Waals surface area contributed by atoms with Crippen LogP contribution in [0.15, 0.2) is 18.2 Å². The van der Waals surface area contributed by atoms with Crippen LogP contribution in [-0.2, 0) is 16.0 Å². The van der Waals surface area contributed by atoms with E-state index in [0.29, 0.717) is 6.42 Å². The van der Waals surface area contributed by atoms with Gasteiger partial charge in [-0.3, -0.25) is 10.1 Å². The first-order valence-electron chi connectivity index (χ1n) is 6.10. The number of quaternary nitrogens is 1. The third kappa shape index (κ3) is 5.05. The van der Waals surface area contributed by atoms with Crippen molar-refractivity contribution in [3.05, 3.63) is 39.4 Å². The van der Waals surface area contributed by atoms with Crippen LogP contribution < -0.4 is 5.73 Å². The maximum absolute atomic E-state index is 11.2. The van der Waals surface area contributed by atoms with Crippen LogP contribution in [0.1, 0.15) is 25.0 Å². The summed E-state index contributed by atoms with van der Waals surface area (Å²) in [5.74, 6) is -0.386. The minimum absolute atomic E-state index is 0.0462. The van der Waals surface area contributed by atoms with Crippen LogP contribution in [0.3, 0.4) is 0 Å². The lowest BCUT2D eigenvalue weighted by molar-refractivity contribution is -0.407. The normalized spacial score (nSPS) is 11.0. The zero-order chi connectivity index (χ0) is 15.0. The SMILES string of the molecule is CC.COC(=O)C([NH3+])Cc1ccc([N+](=O)[O-])cc1C. The minimum atomic E-state index is -0.500. The highest BCUT2D eigenvalue weighted by molar-refractivity contribution is 5.74. The number of hydrogen-bond acceptors (Lipinski definition) is 4. The maximum Gasteiger partial charge on any atom is 0.364 e. The summed E-state index contributed by atoms with van der Waals surface area (Å²) in [5.41, 5.74) is 5.38. The molecule has 0 aliphatic rings. The van der Waals surface area contributed by atoms with Crippen molar-refractivity contribution in [3.63, 3.8) is 0 Å². The fourth-order valence-electron chi connectivity index (χ4n) is 1.54. The Morgan fingerprint density at radius 2 is 2.05 bits per heavy atom. The van der Waals surface area contributed by atoms with E-state index in [2.05, 4.69) is 10.5 Å². The molecule has 0 spiro atoms. The van der Waals surface area contributed by atoms with E-state index < -0.39 is 11.0 Å². The van der Waals surface area contributed by atoms with Crippen LogP contribution in [0.5, 0.6) is 0 Å². The monoisotopic (exact) mass is 269 g/mol. The van der Waals surface area contributed by atoms with E-state index in [4.69, 9.17) is 0 Å². The number of ether oxygens (including phenoxy) is 1. The molecule has 0 bridgehead atoms. The molecule has 1 rings (SSSR count). The van der Waals surface area contributed by atoms with E-state index in [1.807, 2.05) is 13.8 Å². The van der Waals surface area contributed by atoms with Crippen LogP contribution in [0.2, 0.25) is 0 Å². The molecule has 106 valence electrons. The fraction of sp³-hybridized carbons (Fsp3) is 0.462. The molecule has 0 saturated heterocycles. The van der Waals surface area contributed by atoms with E-state index >= 15 is 0 Å². The van der Waals surface area contributed by atoms with Crippen molar-refractivity contribution in [2.75, 3.05) is 7.11 Å². The number of nitrogens with zero attached hydrogens (tertiary/aromatic N) is 1. The predicted octanol–water partition coefficient (Wildman–Crippen LogP) is 1.26. The quantitative estimate of drug-likeness (QED) is 0.505. The number of nitro groups is 1. The van der Waals surface area contributed by atoms with Crippen molar-refractivity contribution < 1.29 is 20.2 Å². The van der Waals surface area contributed by atoms with E-state index in [1.165, 1.54) is 19.2 Å². The van der Waals surface area contributed by atoms with Gasteiger partial charge in [0.15, 0.2) is 6.04 Å². The van der Waals surface area contributed by atoms with Gasteiger partial charge in [-0.15, -0.1) is 0 Å². The number of non-ortho nitro benzene ring substituents is 1. The third-order valence-electron chi connectivity index (χ3n) is 2.54. The van der Waals surface area contributed by atoms with Gasteiger partial charge in [0.25, 0.3) is 5.69 Å². The number of hydrogen-bond donors (Lipinski definition) is 1. The van der Waals surface area contributed by atoms with Gasteiger partial charge < -0.3 is 10.5 Å². The smallest absolute Gasteiger partial charge is 0.364 e. The van der Waals surface area contributed by atoms with Crippen LogP contribution in [0, 0.1) is 17.0 Å². The zero-order valence-electron chi connectivity index (χ0n) is 11.8. The molecule has 1 aromatic rings. The molecule has 0 radical (unpaired) electrons. The summed E-state index contributed by atoms with van der Waals surface area (Å²) in [6, 6.07) is 4.06. The average molecular weight is 269 g/mol. The van der Waals surface area contributed by atoms with Crippen LogP contribution in [0.25, 0.3) is 0 Å². The number of carbonyl (C=O) groups is 1. The molecule has 0 fully saturated rings. The van der Waals surface area contributed by atoms with Gasteiger partial charge in [-0.05, 0) is 18.1 Å². The molecule has 0 aliphatic heterocycles. The number of benzene rings is 1. The fourth-order valence-corrected chi connectivity index (χ4v) is 1.54.